The number of nitrogens with zero attached hydrogens (tertiary/aromatic N) is 2. The number of nitrogens with one attached hydrogen (secondary N) is 1. The maximum atomic E-state index is 12.2. The fourth-order valence-corrected chi connectivity index (χ4v) is 5.57. The zero-order chi connectivity index (χ0) is 19.2. The SMILES string of the molecule is Cc1ccc(NC(=O)CSc2nnc(SCc3ccc(Cl)cc3)s2)c(Br)c1. The Morgan fingerprint density at radius 2 is 1.85 bits per heavy atom. The van der Waals surface area contributed by atoms with Crippen LogP contribution in [0.25, 0.3) is 0 Å². The summed E-state index contributed by atoms with van der Waals surface area (Å²) in [4.78, 5) is 12.2. The lowest BCUT2D eigenvalue weighted by molar-refractivity contribution is -0.113. The number of benzene rings is 2. The molecule has 1 amide bonds. The number of aromatic nitrogens is 2. The molecule has 0 radical (unpaired) electrons. The number of hydrogen-bond acceptors (Lipinski definition) is 6. The van der Waals surface area contributed by atoms with E-state index in [0.29, 0.717) is 0 Å². The molecule has 0 aliphatic carbocycles. The molecule has 0 bridgehead atoms. The van der Waals surface area contributed by atoms with Gasteiger partial charge in [0.15, 0.2) is 8.68 Å². The number of thioether (sulfide) groups is 2. The van der Waals surface area contributed by atoms with Gasteiger partial charge >= 0.3 is 0 Å². The van der Waals surface area contributed by atoms with Crippen molar-refractivity contribution in [3.63, 3.8) is 0 Å². The largest absolute Gasteiger partial charge is 0.324 e. The van der Waals surface area contributed by atoms with Gasteiger partial charge in [-0.1, -0.05) is 64.7 Å². The molecule has 3 aromatic rings. The fraction of sp³-hybridized carbons (Fsp3) is 0.167. The van der Waals surface area contributed by atoms with E-state index in [9.17, 15) is 4.79 Å². The molecule has 0 unspecified atom stereocenters. The number of rotatable bonds is 7. The first kappa shape index (κ1) is 20.7. The van der Waals surface area contributed by atoms with Gasteiger partial charge in [-0.2, -0.15) is 0 Å². The van der Waals surface area contributed by atoms with Crippen molar-refractivity contribution >= 4 is 74.0 Å². The zero-order valence-electron chi connectivity index (χ0n) is 14.2. The highest BCUT2D eigenvalue weighted by molar-refractivity contribution is 9.10. The quantitative estimate of drug-likeness (QED) is 0.387. The van der Waals surface area contributed by atoms with Crippen molar-refractivity contribution in [1.82, 2.24) is 10.2 Å². The lowest BCUT2D eigenvalue weighted by Crippen LogP contribution is -2.14. The summed E-state index contributed by atoms with van der Waals surface area (Å²) in [6, 6.07) is 13.6. The van der Waals surface area contributed by atoms with Gasteiger partial charge in [0.25, 0.3) is 0 Å². The van der Waals surface area contributed by atoms with Gasteiger partial charge in [0.1, 0.15) is 0 Å². The van der Waals surface area contributed by atoms with Crippen LogP contribution in [0, 0.1) is 6.92 Å². The van der Waals surface area contributed by atoms with Gasteiger partial charge in [-0.25, -0.2) is 0 Å². The molecule has 1 heterocycles. The van der Waals surface area contributed by atoms with Crippen molar-refractivity contribution < 1.29 is 4.79 Å². The van der Waals surface area contributed by atoms with Crippen LogP contribution in [0.5, 0.6) is 0 Å². The van der Waals surface area contributed by atoms with Gasteiger partial charge in [-0.15, -0.1) is 10.2 Å². The summed E-state index contributed by atoms with van der Waals surface area (Å²) in [5.41, 5.74) is 3.08. The molecule has 0 fully saturated rings. The van der Waals surface area contributed by atoms with E-state index in [1.807, 2.05) is 49.4 Å². The first-order valence-electron chi connectivity index (χ1n) is 7.89. The standard InChI is InChI=1S/C18H15BrClN3OS3/c1-11-2-7-15(14(19)8-11)21-16(24)10-26-18-23-22-17(27-18)25-9-12-3-5-13(20)6-4-12/h2-8H,9-10H2,1H3,(H,21,24). The van der Waals surface area contributed by atoms with E-state index < -0.39 is 0 Å². The van der Waals surface area contributed by atoms with E-state index in [1.165, 1.54) is 28.7 Å². The highest BCUT2D eigenvalue weighted by Gasteiger charge is 2.10. The minimum absolute atomic E-state index is 0.0740. The summed E-state index contributed by atoms with van der Waals surface area (Å²) in [6.45, 7) is 2.00. The summed E-state index contributed by atoms with van der Waals surface area (Å²) in [7, 11) is 0. The lowest BCUT2D eigenvalue weighted by Gasteiger charge is -2.07. The number of anilines is 1. The van der Waals surface area contributed by atoms with Gasteiger partial charge < -0.3 is 5.32 Å². The van der Waals surface area contributed by atoms with Crippen LogP contribution in [-0.2, 0) is 10.5 Å². The van der Waals surface area contributed by atoms with Crippen molar-refractivity contribution in [2.45, 2.75) is 21.4 Å². The van der Waals surface area contributed by atoms with Gasteiger partial charge in [-0.3, -0.25) is 4.79 Å². The number of carbonyl (C=O) groups excluding carboxylic acids is 1. The Balaban J connectivity index is 1.47. The Labute approximate surface area is 183 Å². The lowest BCUT2D eigenvalue weighted by atomic mass is 10.2. The van der Waals surface area contributed by atoms with Gasteiger partial charge in [0.2, 0.25) is 5.91 Å². The number of halogens is 2. The minimum atomic E-state index is -0.0740. The van der Waals surface area contributed by atoms with Crippen LogP contribution in [0.15, 0.2) is 55.6 Å². The zero-order valence-corrected chi connectivity index (χ0v) is 19.0. The number of carbonyl (C=O) groups is 1. The monoisotopic (exact) mass is 499 g/mol. The van der Waals surface area contributed by atoms with Crippen LogP contribution in [0.2, 0.25) is 5.02 Å². The van der Waals surface area contributed by atoms with E-state index in [1.54, 1.807) is 11.8 Å². The molecule has 2 aromatic carbocycles. The Hall–Kier alpha value is -1.06. The van der Waals surface area contributed by atoms with Crippen LogP contribution in [0.1, 0.15) is 11.1 Å². The summed E-state index contributed by atoms with van der Waals surface area (Å²) < 4.78 is 2.54. The third-order valence-electron chi connectivity index (χ3n) is 3.39. The average Bonchev–Trinajstić information content (AvgIpc) is 3.10. The van der Waals surface area contributed by atoms with E-state index in [4.69, 9.17) is 11.6 Å². The van der Waals surface area contributed by atoms with Gasteiger partial charge in [-0.05, 0) is 58.2 Å². The maximum Gasteiger partial charge on any atom is 0.234 e. The Kier molecular flexibility index (Phi) is 7.60. The molecular weight excluding hydrogens is 486 g/mol. The summed E-state index contributed by atoms with van der Waals surface area (Å²) in [5, 5.41) is 12.0. The third-order valence-corrected chi connectivity index (χ3v) is 7.56. The van der Waals surface area contributed by atoms with Crippen molar-refractivity contribution in [3.8, 4) is 0 Å². The van der Waals surface area contributed by atoms with E-state index in [-0.39, 0.29) is 11.7 Å². The summed E-state index contributed by atoms with van der Waals surface area (Å²) >= 11 is 13.9. The second kappa shape index (κ2) is 9.93. The molecule has 4 nitrogen and oxygen atoms in total. The Morgan fingerprint density at radius 1 is 1.15 bits per heavy atom. The van der Waals surface area contributed by atoms with Crippen molar-refractivity contribution in [2.75, 3.05) is 11.1 Å². The van der Waals surface area contributed by atoms with Crippen LogP contribution < -0.4 is 5.32 Å². The number of amides is 1. The smallest absolute Gasteiger partial charge is 0.234 e. The van der Waals surface area contributed by atoms with Crippen LogP contribution >= 0.6 is 62.4 Å². The molecule has 1 aromatic heterocycles. The van der Waals surface area contributed by atoms with Crippen LogP contribution in [0.3, 0.4) is 0 Å². The van der Waals surface area contributed by atoms with E-state index >= 15 is 0 Å². The molecule has 27 heavy (non-hydrogen) atoms. The molecule has 1 N–H and O–H groups in total. The molecule has 0 saturated carbocycles. The Morgan fingerprint density at radius 3 is 2.56 bits per heavy atom. The van der Waals surface area contributed by atoms with Crippen molar-refractivity contribution in [1.29, 1.82) is 0 Å². The third kappa shape index (κ3) is 6.50. The minimum Gasteiger partial charge on any atom is -0.324 e. The van der Waals surface area contributed by atoms with Crippen molar-refractivity contribution in [2.24, 2.45) is 0 Å². The molecule has 0 aliphatic heterocycles. The number of hydrogen-bond donors (Lipinski definition) is 1. The first-order chi connectivity index (χ1) is 13.0. The molecule has 140 valence electrons. The highest BCUT2D eigenvalue weighted by Crippen LogP contribution is 2.31. The molecule has 0 saturated heterocycles. The summed E-state index contributed by atoms with van der Waals surface area (Å²) in [6.07, 6.45) is 0. The second-order valence-electron chi connectivity index (χ2n) is 5.57. The van der Waals surface area contributed by atoms with E-state index in [0.717, 1.165) is 35.2 Å². The number of aryl methyl sites for hydroxylation is 1. The van der Waals surface area contributed by atoms with Crippen LogP contribution in [-0.4, -0.2) is 21.9 Å². The molecule has 3 rings (SSSR count). The molecule has 0 spiro atoms. The normalized spacial score (nSPS) is 10.8. The molecule has 0 atom stereocenters. The molecule has 0 aliphatic rings. The average molecular weight is 501 g/mol. The fourth-order valence-electron chi connectivity index (χ4n) is 2.07. The van der Waals surface area contributed by atoms with Crippen LogP contribution in [0.4, 0.5) is 5.69 Å². The predicted molar refractivity (Wildman–Crippen MR) is 119 cm³/mol. The maximum absolute atomic E-state index is 12.2. The van der Waals surface area contributed by atoms with Gasteiger partial charge in [0.05, 0.1) is 11.4 Å². The topological polar surface area (TPSA) is 54.9 Å². The van der Waals surface area contributed by atoms with Gasteiger partial charge in [0, 0.05) is 15.2 Å². The Bertz CT molecular complexity index is 934. The van der Waals surface area contributed by atoms with Crippen molar-refractivity contribution in [3.05, 3.63) is 63.1 Å². The molecule has 9 heteroatoms. The first-order valence-corrected chi connectivity index (χ1v) is 11.8. The second-order valence-corrected chi connectivity index (χ2v) is 10.3. The molecular formula is C18H15BrClN3OS3. The predicted octanol–water partition coefficient (Wildman–Crippen LogP) is 6.29. The summed E-state index contributed by atoms with van der Waals surface area (Å²) in [5.74, 6) is 1.02. The highest BCUT2D eigenvalue weighted by atomic mass is 79.9. The van der Waals surface area contributed by atoms with E-state index in [2.05, 4.69) is 31.4 Å².